The van der Waals surface area contributed by atoms with Crippen LogP contribution in [0.25, 0.3) is 33.4 Å². The van der Waals surface area contributed by atoms with Crippen LogP contribution < -0.4 is 10.9 Å². The summed E-state index contributed by atoms with van der Waals surface area (Å²) in [4.78, 5) is 33.8. The van der Waals surface area contributed by atoms with Gasteiger partial charge in [-0.3, -0.25) is 14.3 Å². The van der Waals surface area contributed by atoms with Gasteiger partial charge in [0, 0.05) is 59.2 Å². The average molecular weight is 506 g/mol. The third kappa shape index (κ3) is 5.09. The van der Waals surface area contributed by atoms with Crippen LogP contribution in [0.15, 0.2) is 47.7 Å². The highest BCUT2D eigenvalue weighted by Crippen LogP contribution is 2.31. The van der Waals surface area contributed by atoms with Crippen molar-refractivity contribution < 1.29 is 4.74 Å². The number of benzene rings is 1. The molecule has 5 rings (SSSR count). The zero-order chi connectivity index (χ0) is 25.2. The van der Waals surface area contributed by atoms with Crippen LogP contribution >= 0.6 is 11.6 Å². The number of anilines is 1. The third-order valence-corrected chi connectivity index (χ3v) is 6.48. The highest BCUT2D eigenvalue weighted by Gasteiger charge is 2.19. The molecule has 0 unspecified atom stereocenters. The van der Waals surface area contributed by atoms with E-state index in [1.54, 1.807) is 23.2 Å². The molecule has 1 aliphatic rings. The fraction of sp³-hybridized carbons (Fsp3) is 0.346. The maximum atomic E-state index is 13.8. The van der Waals surface area contributed by atoms with Crippen LogP contribution in [0.3, 0.4) is 0 Å². The van der Waals surface area contributed by atoms with Gasteiger partial charge >= 0.3 is 0 Å². The topological polar surface area (TPSA) is 98.1 Å². The number of nitrogens with one attached hydrogen (secondary N) is 1. The van der Waals surface area contributed by atoms with Crippen LogP contribution in [-0.4, -0.2) is 69.3 Å². The molecular formula is C26H28ClN7O2. The number of nitrogens with zero attached hydrogens (tertiary/aromatic N) is 6. The lowest BCUT2D eigenvalue weighted by Gasteiger charge is -2.17. The molecule has 4 heterocycles. The van der Waals surface area contributed by atoms with E-state index in [0.717, 1.165) is 35.4 Å². The van der Waals surface area contributed by atoms with Crippen LogP contribution in [0, 0.1) is 6.92 Å². The lowest BCUT2D eigenvalue weighted by molar-refractivity contribution is 0.195. The summed E-state index contributed by atoms with van der Waals surface area (Å²) in [6, 6.07) is 7.57. The lowest BCUT2D eigenvalue weighted by atomic mass is 10.0. The highest BCUT2D eigenvalue weighted by molar-refractivity contribution is 6.33. The highest BCUT2D eigenvalue weighted by atomic mass is 35.5. The smallest absolute Gasteiger partial charge is 0.260 e. The van der Waals surface area contributed by atoms with Crippen LogP contribution in [0.1, 0.15) is 12.1 Å². The predicted molar refractivity (Wildman–Crippen MR) is 141 cm³/mol. The Morgan fingerprint density at radius 2 is 2.03 bits per heavy atom. The number of fused-ring (bicyclic) bond motifs is 1. The number of likely N-dealkylation sites (N-methyl/N-ethyl adjacent to an activating group) is 1. The summed E-state index contributed by atoms with van der Waals surface area (Å²) in [5.41, 5.74) is 3.97. The summed E-state index contributed by atoms with van der Waals surface area (Å²) in [7, 11) is 3.95. The molecular weight excluding hydrogens is 478 g/mol. The Labute approximate surface area is 214 Å². The normalized spacial score (nSPS) is 15.6. The van der Waals surface area contributed by atoms with E-state index in [-0.39, 0.29) is 11.6 Å². The number of ether oxygens (including phenoxy) is 1. The van der Waals surface area contributed by atoms with Crippen LogP contribution in [0.2, 0.25) is 5.02 Å². The van der Waals surface area contributed by atoms with Crippen molar-refractivity contribution in [2.24, 2.45) is 0 Å². The summed E-state index contributed by atoms with van der Waals surface area (Å²) in [6.45, 7) is 4.39. The molecule has 10 heteroatoms. The largest absolute Gasteiger partial charge is 0.379 e. The van der Waals surface area contributed by atoms with Crippen LogP contribution in [0.4, 0.5) is 5.95 Å². The zero-order valence-electron chi connectivity index (χ0n) is 20.5. The van der Waals surface area contributed by atoms with Crippen molar-refractivity contribution in [1.29, 1.82) is 0 Å². The SMILES string of the molecule is Cc1cncc(-c2ccc(-c3cc4cnc(N[C@@H]5CCOC5)nc4n(CCN(C)C)c3=O)c(Cl)c2)n1. The van der Waals surface area contributed by atoms with Crippen molar-refractivity contribution in [3.8, 4) is 22.4 Å². The van der Waals surface area contributed by atoms with Gasteiger partial charge in [0.05, 0.1) is 30.2 Å². The first-order chi connectivity index (χ1) is 17.4. The molecule has 3 aromatic heterocycles. The molecule has 36 heavy (non-hydrogen) atoms. The Hall–Kier alpha value is -3.40. The number of hydrogen-bond donors (Lipinski definition) is 1. The molecule has 0 bridgehead atoms. The summed E-state index contributed by atoms with van der Waals surface area (Å²) >= 11 is 6.72. The molecule has 1 aliphatic heterocycles. The second kappa shape index (κ2) is 10.3. The fourth-order valence-corrected chi connectivity index (χ4v) is 4.54. The summed E-state index contributed by atoms with van der Waals surface area (Å²) in [5, 5.41) is 4.55. The quantitative estimate of drug-likeness (QED) is 0.406. The van der Waals surface area contributed by atoms with Gasteiger partial charge in [-0.15, -0.1) is 0 Å². The maximum Gasteiger partial charge on any atom is 0.260 e. The van der Waals surface area contributed by atoms with Crippen molar-refractivity contribution in [2.45, 2.75) is 25.9 Å². The van der Waals surface area contributed by atoms with Crippen molar-refractivity contribution in [2.75, 3.05) is 39.2 Å². The number of hydrogen-bond acceptors (Lipinski definition) is 8. The molecule has 1 saturated heterocycles. The van der Waals surface area contributed by atoms with Crippen LogP contribution in [-0.2, 0) is 11.3 Å². The first-order valence-electron chi connectivity index (χ1n) is 11.9. The zero-order valence-corrected chi connectivity index (χ0v) is 21.3. The van der Waals surface area contributed by atoms with E-state index in [1.807, 2.05) is 50.2 Å². The van der Waals surface area contributed by atoms with Gasteiger partial charge in [0.1, 0.15) is 5.65 Å². The third-order valence-electron chi connectivity index (χ3n) is 6.17. The molecule has 1 aromatic carbocycles. The van der Waals surface area contributed by atoms with E-state index < -0.39 is 0 Å². The van der Waals surface area contributed by atoms with E-state index in [2.05, 4.69) is 20.3 Å². The van der Waals surface area contributed by atoms with E-state index in [9.17, 15) is 4.79 Å². The van der Waals surface area contributed by atoms with Crippen molar-refractivity contribution in [1.82, 2.24) is 29.4 Å². The molecule has 0 spiro atoms. The first kappa shape index (κ1) is 24.3. The number of halogens is 1. The minimum absolute atomic E-state index is 0.150. The average Bonchev–Trinajstić information content (AvgIpc) is 3.36. The maximum absolute atomic E-state index is 13.8. The predicted octanol–water partition coefficient (Wildman–Crippen LogP) is 3.64. The molecule has 1 atom stereocenters. The summed E-state index contributed by atoms with van der Waals surface area (Å²) in [6.07, 6.45) is 6.05. The molecule has 0 aliphatic carbocycles. The molecule has 0 saturated carbocycles. The summed E-state index contributed by atoms with van der Waals surface area (Å²) < 4.78 is 7.15. The van der Waals surface area contributed by atoms with Gasteiger partial charge in [0.2, 0.25) is 5.95 Å². The standard InChI is InChI=1S/C26H28ClN7O2/c1-16-12-28-14-23(30-16)17-4-5-20(22(27)11-17)21-10-18-13-29-26(31-19-6-9-36-15-19)32-24(18)34(25(21)35)8-7-33(2)3/h4-5,10-14,19H,6-9,15H2,1-3H3,(H,29,31,32)/t19-/m1/s1. The van der Waals surface area contributed by atoms with Gasteiger partial charge in [0.25, 0.3) is 5.56 Å². The number of aromatic nitrogens is 5. The Morgan fingerprint density at radius 3 is 2.75 bits per heavy atom. The summed E-state index contributed by atoms with van der Waals surface area (Å²) in [5.74, 6) is 0.491. The van der Waals surface area contributed by atoms with E-state index in [1.165, 1.54) is 0 Å². The van der Waals surface area contributed by atoms with E-state index in [4.69, 9.17) is 21.3 Å². The molecule has 9 nitrogen and oxygen atoms in total. The van der Waals surface area contributed by atoms with Gasteiger partial charge in [-0.05, 0) is 39.6 Å². The van der Waals surface area contributed by atoms with Crippen molar-refractivity contribution in [3.05, 3.63) is 63.9 Å². The van der Waals surface area contributed by atoms with Crippen molar-refractivity contribution in [3.63, 3.8) is 0 Å². The minimum Gasteiger partial charge on any atom is -0.379 e. The minimum atomic E-state index is -0.150. The molecule has 4 aromatic rings. The number of pyridine rings is 1. The second-order valence-corrected chi connectivity index (χ2v) is 9.64. The Balaban J connectivity index is 1.58. The lowest BCUT2D eigenvalue weighted by Crippen LogP contribution is -2.29. The molecule has 1 fully saturated rings. The van der Waals surface area contributed by atoms with Gasteiger partial charge in [-0.25, -0.2) is 9.97 Å². The van der Waals surface area contributed by atoms with Gasteiger partial charge in [-0.1, -0.05) is 23.7 Å². The second-order valence-electron chi connectivity index (χ2n) is 9.24. The van der Waals surface area contributed by atoms with Crippen LogP contribution in [0.5, 0.6) is 0 Å². The molecule has 1 N–H and O–H groups in total. The number of rotatable bonds is 7. The number of aryl methyl sites for hydroxylation is 1. The molecule has 0 radical (unpaired) electrons. The van der Waals surface area contributed by atoms with Crippen molar-refractivity contribution >= 4 is 28.6 Å². The first-order valence-corrected chi connectivity index (χ1v) is 12.3. The van der Waals surface area contributed by atoms with Gasteiger partial charge in [-0.2, -0.15) is 4.98 Å². The Morgan fingerprint density at radius 1 is 1.17 bits per heavy atom. The van der Waals surface area contributed by atoms with Gasteiger partial charge in [0.15, 0.2) is 0 Å². The molecule has 0 amide bonds. The van der Waals surface area contributed by atoms with Gasteiger partial charge < -0.3 is 15.0 Å². The van der Waals surface area contributed by atoms with E-state index >= 15 is 0 Å². The molecule has 186 valence electrons. The Bertz CT molecular complexity index is 1460. The monoisotopic (exact) mass is 505 g/mol. The van der Waals surface area contributed by atoms with E-state index in [0.29, 0.717) is 47.4 Å². The fourth-order valence-electron chi connectivity index (χ4n) is 4.26. The Kier molecular flexibility index (Phi) is 6.95.